The summed E-state index contributed by atoms with van der Waals surface area (Å²) in [6.45, 7) is 2.63. The number of amides is 1. The van der Waals surface area contributed by atoms with Gasteiger partial charge in [-0.25, -0.2) is 4.79 Å². The molecule has 40 heavy (non-hydrogen) atoms. The molecule has 10 heteroatoms. The molecule has 1 amide bonds. The molecule has 1 atom stereocenters. The zero-order valence-electron chi connectivity index (χ0n) is 23.2. The summed E-state index contributed by atoms with van der Waals surface area (Å²) in [5, 5.41) is 8.81. The van der Waals surface area contributed by atoms with Crippen molar-refractivity contribution in [1.29, 1.82) is 0 Å². The highest BCUT2D eigenvalue weighted by atomic mass is 16.5. The number of carbonyl (C=O) groups is 2. The number of methoxy groups -OCH3 is 2. The minimum atomic E-state index is -0.785. The van der Waals surface area contributed by atoms with Crippen molar-refractivity contribution in [3.63, 3.8) is 0 Å². The molecule has 0 unspecified atom stereocenters. The average molecular weight is 547 g/mol. The van der Waals surface area contributed by atoms with E-state index in [4.69, 9.17) is 18.6 Å². The van der Waals surface area contributed by atoms with Crippen LogP contribution in [-0.4, -0.2) is 53.5 Å². The van der Waals surface area contributed by atoms with Gasteiger partial charge in [-0.1, -0.05) is 65.7 Å². The number of fused-ring (bicyclic) bond motifs is 1. The van der Waals surface area contributed by atoms with Crippen molar-refractivity contribution >= 4 is 28.8 Å². The number of para-hydroxylation sites is 1. The molecule has 0 aliphatic heterocycles. The summed E-state index contributed by atoms with van der Waals surface area (Å²) >= 11 is 0. The van der Waals surface area contributed by atoms with Crippen LogP contribution in [0.2, 0.25) is 0 Å². The number of hydrogen-bond donors (Lipinski definition) is 0. The first-order chi connectivity index (χ1) is 19.4. The van der Waals surface area contributed by atoms with Gasteiger partial charge in [0.25, 0.3) is 0 Å². The lowest BCUT2D eigenvalue weighted by Gasteiger charge is -2.28. The Labute approximate surface area is 233 Å². The summed E-state index contributed by atoms with van der Waals surface area (Å²) < 4.78 is 23.7. The molecule has 2 heterocycles. The van der Waals surface area contributed by atoms with Crippen molar-refractivity contribution in [2.45, 2.75) is 38.8 Å². The predicted molar refractivity (Wildman–Crippen MR) is 150 cm³/mol. The van der Waals surface area contributed by atoms with E-state index in [1.165, 1.54) is 12.0 Å². The van der Waals surface area contributed by atoms with Crippen molar-refractivity contribution in [2.24, 2.45) is 7.05 Å². The fourth-order valence-electron chi connectivity index (χ4n) is 4.59. The lowest BCUT2D eigenvalue weighted by Crippen LogP contribution is -2.44. The molecule has 0 N–H and O–H groups in total. The Morgan fingerprint density at radius 3 is 2.55 bits per heavy atom. The number of carbonyl (C=O) groups excluding carboxylic acids is 2. The highest BCUT2D eigenvalue weighted by Gasteiger charge is 2.32. The van der Waals surface area contributed by atoms with Gasteiger partial charge in [-0.05, 0) is 35.6 Å². The lowest BCUT2D eigenvalue weighted by atomic mass is 10.0. The van der Waals surface area contributed by atoms with E-state index in [0.29, 0.717) is 19.4 Å². The molecule has 0 saturated carbocycles. The van der Waals surface area contributed by atoms with E-state index in [-0.39, 0.29) is 30.8 Å². The molecule has 0 spiro atoms. The van der Waals surface area contributed by atoms with Gasteiger partial charge in [0.1, 0.15) is 6.61 Å². The van der Waals surface area contributed by atoms with E-state index in [1.807, 2.05) is 79.3 Å². The Morgan fingerprint density at radius 1 is 1.07 bits per heavy atom. The molecule has 2 aromatic carbocycles. The Kier molecular flexibility index (Phi) is 9.69. The second kappa shape index (κ2) is 13.6. The van der Waals surface area contributed by atoms with Gasteiger partial charge in [-0.15, -0.1) is 0 Å². The van der Waals surface area contributed by atoms with E-state index in [2.05, 4.69) is 10.2 Å². The minimum absolute atomic E-state index is 0.0766. The van der Waals surface area contributed by atoms with Crippen LogP contribution < -0.4 is 4.90 Å². The molecule has 2 aromatic heterocycles. The van der Waals surface area contributed by atoms with Crippen LogP contribution in [0.1, 0.15) is 41.6 Å². The van der Waals surface area contributed by atoms with Crippen LogP contribution in [-0.2, 0) is 39.1 Å². The van der Waals surface area contributed by atoms with E-state index >= 15 is 0 Å². The van der Waals surface area contributed by atoms with Gasteiger partial charge in [-0.2, -0.15) is 0 Å². The van der Waals surface area contributed by atoms with Gasteiger partial charge >= 0.3 is 17.9 Å². The zero-order valence-corrected chi connectivity index (χ0v) is 23.2. The molecular formula is C30H34N4O6. The summed E-state index contributed by atoms with van der Waals surface area (Å²) in [6, 6.07) is 17.1. The van der Waals surface area contributed by atoms with Crippen LogP contribution >= 0.6 is 0 Å². The highest BCUT2D eigenvalue weighted by molar-refractivity contribution is 5.97. The van der Waals surface area contributed by atoms with E-state index < -0.39 is 12.0 Å². The summed E-state index contributed by atoms with van der Waals surface area (Å²) in [7, 11) is 4.72. The number of ether oxygens (including phenoxy) is 3. The van der Waals surface area contributed by atoms with Crippen molar-refractivity contribution in [3.05, 3.63) is 89.6 Å². The Hall–Kier alpha value is -4.44. The molecule has 0 aliphatic rings. The largest absolute Gasteiger partial charge is 0.497 e. The molecule has 4 rings (SSSR count). The number of esters is 1. The Bertz CT molecular complexity index is 1460. The van der Waals surface area contributed by atoms with Crippen molar-refractivity contribution in [1.82, 2.24) is 14.8 Å². The van der Waals surface area contributed by atoms with Gasteiger partial charge in [0.15, 0.2) is 0 Å². The van der Waals surface area contributed by atoms with E-state index in [1.54, 1.807) is 13.4 Å². The number of anilines is 1. The third-order valence-corrected chi connectivity index (χ3v) is 6.59. The topological polar surface area (TPSA) is 109 Å². The van der Waals surface area contributed by atoms with Gasteiger partial charge in [-0.3, -0.25) is 9.69 Å². The summed E-state index contributed by atoms with van der Waals surface area (Å²) in [4.78, 5) is 27.4. The standard InChI is InChI=1S/C30H34N4O6/c1-5-21(18-39-19-22-11-7-6-8-12-22)15-24(20-37-3)34(30-32-31-28(40-30)29(36)38-4)27(35)16-23-17-33(2)26-14-10-9-13-25(23)26/h6-14,17-18,24H,5,15-16,19-20H2,1-4H3/b21-18+/t24-/m1/s1. The average Bonchev–Trinajstić information content (AvgIpc) is 3.58. The fourth-order valence-corrected chi connectivity index (χ4v) is 4.59. The number of aryl methyl sites for hydroxylation is 1. The fraction of sp³-hybridized carbons (Fsp3) is 0.333. The first-order valence-corrected chi connectivity index (χ1v) is 13.0. The number of rotatable bonds is 13. The van der Waals surface area contributed by atoms with Gasteiger partial charge in [0.05, 0.1) is 32.4 Å². The van der Waals surface area contributed by atoms with Crippen LogP contribution in [0.25, 0.3) is 10.9 Å². The van der Waals surface area contributed by atoms with Crippen LogP contribution in [0, 0.1) is 0 Å². The monoisotopic (exact) mass is 546 g/mol. The van der Waals surface area contributed by atoms with Crippen LogP contribution in [0.5, 0.6) is 0 Å². The molecule has 0 bridgehead atoms. The molecule has 0 aliphatic carbocycles. The molecule has 0 saturated heterocycles. The summed E-state index contributed by atoms with van der Waals surface area (Å²) in [6.07, 6.45) is 4.87. The van der Waals surface area contributed by atoms with Crippen LogP contribution in [0.4, 0.5) is 6.01 Å². The zero-order chi connectivity index (χ0) is 28.5. The lowest BCUT2D eigenvalue weighted by molar-refractivity contribution is -0.119. The maximum atomic E-state index is 14.0. The third kappa shape index (κ3) is 6.76. The maximum absolute atomic E-state index is 14.0. The third-order valence-electron chi connectivity index (χ3n) is 6.59. The maximum Gasteiger partial charge on any atom is 0.396 e. The van der Waals surface area contributed by atoms with Crippen molar-refractivity contribution in [2.75, 3.05) is 25.7 Å². The minimum Gasteiger partial charge on any atom is -0.497 e. The Morgan fingerprint density at radius 2 is 1.82 bits per heavy atom. The van der Waals surface area contributed by atoms with Gasteiger partial charge in [0.2, 0.25) is 5.91 Å². The summed E-state index contributed by atoms with van der Waals surface area (Å²) in [5.41, 5.74) is 3.89. The highest BCUT2D eigenvalue weighted by Crippen LogP contribution is 2.26. The number of aromatic nitrogens is 3. The van der Waals surface area contributed by atoms with Crippen LogP contribution in [0.15, 0.2) is 77.0 Å². The van der Waals surface area contributed by atoms with E-state index in [9.17, 15) is 9.59 Å². The molecule has 10 nitrogen and oxygen atoms in total. The first-order valence-electron chi connectivity index (χ1n) is 13.0. The molecule has 210 valence electrons. The second-order valence-electron chi connectivity index (χ2n) is 9.34. The van der Waals surface area contributed by atoms with Crippen LogP contribution in [0.3, 0.4) is 0 Å². The van der Waals surface area contributed by atoms with E-state index in [0.717, 1.165) is 27.6 Å². The SMILES string of the molecule is CC/C(=C\OCc1ccccc1)C[C@H](COC)N(C(=O)Cc1cn(C)c2ccccc12)c1nnc(C(=O)OC)o1. The Balaban J connectivity index is 1.63. The molecule has 0 radical (unpaired) electrons. The van der Waals surface area contributed by atoms with Crippen molar-refractivity contribution < 1.29 is 28.2 Å². The second-order valence-corrected chi connectivity index (χ2v) is 9.34. The number of benzene rings is 2. The van der Waals surface area contributed by atoms with Gasteiger partial charge < -0.3 is 23.2 Å². The predicted octanol–water partition coefficient (Wildman–Crippen LogP) is 4.84. The number of hydrogen-bond acceptors (Lipinski definition) is 8. The van der Waals surface area contributed by atoms with Gasteiger partial charge in [0, 0.05) is 31.3 Å². The normalized spacial score (nSPS) is 12.3. The molecule has 0 fully saturated rings. The number of nitrogens with zero attached hydrogens (tertiary/aromatic N) is 4. The van der Waals surface area contributed by atoms with Crippen molar-refractivity contribution in [3.8, 4) is 0 Å². The summed E-state index contributed by atoms with van der Waals surface area (Å²) in [5.74, 6) is -1.40. The molecule has 4 aromatic rings. The quantitative estimate of drug-likeness (QED) is 0.173. The smallest absolute Gasteiger partial charge is 0.396 e. The first kappa shape index (κ1) is 28.6. The molecular weight excluding hydrogens is 512 g/mol.